The Hall–Kier alpha value is -2.11. The van der Waals surface area contributed by atoms with Gasteiger partial charge in [0.2, 0.25) is 5.91 Å². The maximum Gasteiger partial charge on any atom is 0.244 e. The standard InChI is InChI=1S/C17H25FN4O/c1-3-19-17(20-12-16(23)22-10-4-5-11-22)21(2)13-14-6-8-15(18)9-7-14/h6-9H,3-5,10-13H2,1-2H3,(H,19,20). The highest BCUT2D eigenvalue weighted by atomic mass is 19.1. The van der Waals surface area contributed by atoms with Gasteiger partial charge in [0.25, 0.3) is 0 Å². The topological polar surface area (TPSA) is 47.9 Å². The molecule has 23 heavy (non-hydrogen) atoms. The molecule has 1 aromatic rings. The largest absolute Gasteiger partial charge is 0.357 e. The second kappa shape index (κ2) is 8.50. The van der Waals surface area contributed by atoms with Crippen LogP contribution in [0.25, 0.3) is 0 Å². The zero-order valence-corrected chi connectivity index (χ0v) is 13.9. The van der Waals surface area contributed by atoms with Gasteiger partial charge < -0.3 is 15.1 Å². The summed E-state index contributed by atoms with van der Waals surface area (Å²) >= 11 is 0. The van der Waals surface area contributed by atoms with Crippen LogP contribution >= 0.6 is 0 Å². The number of nitrogens with one attached hydrogen (secondary N) is 1. The summed E-state index contributed by atoms with van der Waals surface area (Å²) in [5.41, 5.74) is 0.991. The molecule has 0 unspecified atom stereocenters. The monoisotopic (exact) mass is 320 g/mol. The minimum atomic E-state index is -0.242. The van der Waals surface area contributed by atoms with Gasteiger partial charge in [-0.25, -0.2) is 9.38 Å². The molecular weight excluding hydrogens is 295 g/mol. The number of carbonyl (C=O) groups is 1. The number of likely N-dealkylation sites (tertiary alicyclic amines) is 1. The van der Waals surface area contributed by atoms with Gasteiger partial charge in [-0.15, -0.1) is 0 Å². The Balaban J connectivity index is 1.96. The minimum Gasteiger partial charge on any atom is -0.357 e. The van der Waals surface area contributed by atoms with E-state index >= 15 is 0 Å². The third-order valence-electron chi connectivity index (χ3n) is 3.85. The number of hydrogen-bond acceptors (Lipinski definition) is 2. The highest BCUT2D eigenvalue weighted by Gasteiger charge is 2.17. The fourth-order valence-corrected chi connectivity index (χ4v) is 2.62. The molecule has 1 fully saturated rings. The molecule has 5 nitrogen and oxygen atoms in total. The fraction of sp³-hybridized carbons (Fsp3) is 0.529. The van der Waals surface area contributed by atoms with Crippen molar-refractivity contribution in [3.63, 3.8) is 0 Å². The molecule has 0 saturated carbocycles. The van der Waals surface area contributed by atoms with E-state index in [-0.39, 0.29) is 18.3 Å². The molecule has 0 atom stereocenters. The van der Waals surface area contributed by atoms with Crippen molar-refractivity contribution in [1.82, 2.24) is 15.1 Å². The highest BCUT2D eigenvalue weighted by Crippen LogP contribution is 2.08. The number of halogens is 1. The first-order chi connectivity index (χ1) is 11.1. The molecule has 1 heterocycles. The van der Waals surface area contributed by atoms with E-state index in [1.54, 1.807) is 12.1 Å². The fourth-order valence-electron chi connectivity index (χ4n) is 2.62. The number of amides is 1. The summed E-state index contributed by atoms with van der Waals surface area (Å²) in [6, 6.07) is 6.41. The van der Waals surface area contributed by atoms with Gasteiger partial charge in [-0.05, 0) is 37.5 Å². The molecular formula is C17H25FN4O. The molecule has 1 N–H and O–H groups in total. The van der Waals surface area contributed by atoms with Crippen LogP contribution < -0.4 is 5.32 Å². The summed E-state index contributed by atoms with van der Waals surface area (Å²) in [7, 11) is 1.91. The molecule has 1 aliphatic rings. The van der Waals surface area contributed by atoms with E-state index in [0.717, 1.165) is 38.0 Å². The summed E-state index contributed by atoms with van der Waals surface area (Å²) < 4.78 is 13.0. The Kier molecular flexibility index (Phi) is 6.38. The van der Waals surface area contributed by atoms with Gasteiger partial charge in [-0.3, -0.25) is 4.79 Å². The Morgan fingerprint density at radius 1 is 1.30 bits per heavy atom. The van der Waals surface area contributed by atoms with Crippen LogP contribution in [0.1, 0.15) is 25.3 Å². The average Bonchev–Trinajstić information content (AvgIpc) is 3.07. The van der Waals surface area contributed by atoms with E-state index in [0.29, 0.717) is 12.5 Å². The molecule has 0 spiro atoms. The lowest BCUT2D eigenvalue weighted by atomic mass is 10.2. The van der Waals surface area contributed by atoms with Crippen molar-refractivity contribution >= 4 is 11.9 Å². The van der Waals surface area contributed by atoms with Gasteiger partial charge in [0, 0.05) is 33.2 Å². The SMILES string of the molecule is CCNC(=NCC(=O)N1CCCC1)N(C)Cc1ccc(F)cc1. The maximum absolute atomic E-state index is 13.0. The lowest BCUT2D eigenvalue weighted by Gasteiger charge is -2.22. The van der Waals surface area contributed by atoms with Crippen LogP contribution in [-0.4, -0.2) is 54.9 Å². The van der Waals surface area contributed by atoms with Gasteiger partial charge in [0.1, 0.15) is 12.4 Å². The van der Waals surface area contributed by atoms with Crippen LogP contribution in [-0.2, 0) is 11.3 Å². The number of carbonyl (C=O) groups excluding carboxylic acids is 1. The lowest BCUT2D eigenvalue weighted by molar-refractivity contribution is -0.128. The number of rotatable bonds is 5. The first kappa shape index (κ1) is 17.2. The molecule has 126 valence electrons. The van der Waals surface area contributed by atoms with Gasteiger partial charge in [0.15, 0.2) is 5.96 Å². The number of nitrogens with zero attached hydrogens (tertiary/aromatic N) is 3. The van der Waals surface area contributed by atoms with E-state index < -0.39 is 0 Å². The predicted octanol–water partition coefficient (Wildman–Crippen LogP) is 1.85. The Bertz CT molecular complexity index is 538. The molecule has 1 amide bonds. The van der Waals surface area contributed by atoms with Gasteiger partial charge in [0.05, 0.1) is 0 Å². The van der Waals surface area contributed by atoms with Crippen molar-refractivity contribution in [1.29, 1.82) is 0 Å². The van der Waals surface area contributed by atoms with Crippen molar-refractivity contribution in [3.8, 4) is 0 Å². The quantitative estimate of drug-likeness (QED) is 0.665. The average molecular weight is 320 g/mol. The summed E-state index contributed by atoms with van der Waals surface area (Å²) in [6.07, 6.45) is 2.17. The molecule has 1 aliphatic heterocycles. The first-order valence-corrected chi connectivity index (χ1v) is 8.12. The maximum atomic E-state index is 13.0. The van der Waals surface area contributed by atoms with Crippen LogP contribution in [0, 0.1) is 5.82 Å². The summed E-state index contributed by atoms with van der Waals surface area (Å²) in [5.74, 6) is 0.519. The molecule has 0 bridgehead atoms. The molecule has 6 heteroatoms. The zero-order valence-electron chi connectivity index (χ0n) is 13.9. The van der Waals surface area contributed by atoms with Gasteiger partial charge >= 0.3 is 0 Å². The van der Waals surface area contributed by atoms with Crippen LogP contribution in [0.2, 0.25) is 0 Å². The van der Waals surface area contributed by atoms with Crippen molar-refractivity contribution in [2.45, 2.75) is 26.3 Å². The molecule has 0 aromatic heterocycles. The second-order valence-electron chi connectivity index (χ2n) is 5.74. The number of hydrogen-bond donors (Lipinski definition) is 1. The van der Waals surface area contributed by atoms with Crippen molar-refractivity contribution in [3.05, 3.63) is 35.6 Å². The summed E-state index contributed by atoms with van der Waals surface area (Å²) in [4.78, 5) is 20.3. The number of guanidine groups is 1. The summed E-state index contributed by atoms with van der Waals surface area (Å²) in [5, 5.41) is 3.19. The Morgan fingerprint density at radius 3 is 2.57 bits per heavy atom. The summed E-state index contributed by atoms with van der Waals surface area (Å²) in [6.45, 7) is 5.17. The zero-order chi connectivity index (χ0) is 16.7. The third-order valence-corrected chi connectivity index (χ3v) is 3.85. The first-order valence-electron chi connectivity index (χ1n) is 8.12. The second-order valence-corrected chi connectivity index (χ2v) is 5.74. The van der Waals surface area contributed by atoms with Crippen molar-refractivity contribution < 1.29 is 9.18 Å². The van der Waals surface area contributed by atoms with E-state index in [2.05, 4.69) is 10.3 Å². The van der Waals surface area contributed by atoms with E-state index in [4.69, 9.17) is 0 Å². The Labute approximate surface area is 137 Å². The van der Waals surface area contributed by atoms with E-state index in [1.165, 1.54) is 12.1 Å². The van der Waals surface area contributed by atoms with Crippen LogP contribution in [0.5, 0.6) is 0 Å². The van der Waals surface area contributed by atoms with E-state index in [1.807, 2.05) is 23.8 Å². The van der Waals surface area contributed by atoms with E-state index in [9.17, 15) is 9.18 Å². The number of aliphatic imine (C=N–C) groups is 1. The minimum absolute atomic E-state index is 0.0769. The smallest absolute Gasteiger partial charge is 0.244 e. The van der Waals surface area contributed by atoms with Gasteiger partial charge in [-0.2, -0.15) is 0 Å². The normalized spacial score (nSPS) is 14.9. The number of benzene rings is 1. The molecule has 0 aliphatic carbocycles. The molecule has 2 rings (SSSR count). The van der Waals surface area contributed by atoms with Crippen molar-refractivity contribution in [2.75, 3.05) is 33.2 Å². The van der Waals surface area contributed by atoms with Crippen LogP contribution in [0.15, 0.2) is 29.3 Å². The van der Waals surface area contributed by atoms with Gasteiger partial charge in [-0.1, -0.05) is 12.1 Å². The van der Waals surface area contributed by atoms with Crippen molar-refractivity contribution in [2.24, 2.45) is 4.99 Å². The predicted molar refractivity (Wildman–Crippen MR) is 89.7 cm³/mol. The molecule has 1 aromatic carbocycles. The third kappa shape index (κ3) is 5.23. The highest BCUT2D eigenvalue weighted by molar-refractivity contribution is 5.85. The van der Waals surface area contributed by atoms with Crippen LogP contribution in [0.3, 0.4) is 0 Å². The Morgan fingerprint density at radius 2 is 1.96 bits per heavy atom. The lowest BCUT2D eigenvalue weighted by Crippen LogP contribution is -2.39. The molecule has 1 saturated heterocycles. The van der Waals surface area contributed by atoms with Crippen LogP contribution in [0.4, 0.5) is 4.39 Å². The molecule has 0 radical (unpaired) electrons.